The Morgan fingerprint density at radius 3 is 1.51 bits per heavy atom. The second-order valence-corrected chi connectivity index (χ2v) is 10.0. The largest absolute Gasteiger partial charge is 0.481 e. The van der Waals surface area contributed by atoms with Gasteiger partial charge in [-0.05, 0) is 39.5 Å². The van der Waals surface area contributed by atoms with Crippen molar-refractivity contribution in [3.63, 3.8) is 0 Å². The Kier molecular flexibility index (Phi) is 23.1. The van der Waals surface area contributed by atoms with Crippen LogP contribution in [-0.2, 0) is 28.5 Å². The number of carboxylic acids is 2. The summed E-state index contributed by atoms with van der Waals surface area (Å²) in [5, 5.41) is 19.2. The lowest BCUT2D eigenvalue weighted by atomic mass is 9.73. The monoisotopic (exact) mass is 532 g/mol. The van der Waals surface area contributed by atoms with Crippen LogP contribution in [0.25, 0.3) is 0 Å². The summed E-state index contributed by atoms with van der Waals surface area (Å²) >= 11 is 0. The van der Waals surface area contributed by atoms with Crippen LogP contribution in [0.3, 0.4) is 0 Å². The summed E-state index contributed by atoms with van der Waals surface area (Å²) in [7, 11) is 0. The molecule has 0 aliphatic heterocycles. The molecule has 0 amide bonds. The van der Waals surface area contributed by atoms with E-state index < -0.39 is 29.6 Å². The van der Waals surface area contributed by atoms with Crippen LogP contribution in [-0.4, -0.2) is 74.0 Å². The zero-order valence-corrected chi connectivity index (χ0v) is 24.1. The number of rotatable bonds is 28. The molecule has 2 atom stereocenters. The number of aliphatic carboxylic acids is 2. The Balaban J connectivity index is 4.86. The van der Waals surface area contributed by atoms with Crippen LogP contribution in [0.2, 0.25) is 0 Å². The number of carboxylic acid groups (broad SMARTS) is 2. The van der Waals surface area contributed by atoms with Crippen LogP contribution in [0.15, 0.2) is 0 Å². The Hall–Kier alpha value is -1.22. The molecule has 2 N–H and O–H groups in total. The van der Waals surface area contributed by atoms with Crippen molar-refractivity contribution in [2.45, 2.75) is 130 Å². The van der Waals surface area contributed by atoms with E-state index in [2.05, 4.69) is 13.8 Å². The van der Waals surface area contributed by atoms with Crippen molar-refractivity contribution in [2.24, 2.45) is 5.41 Å². The van der Waals surface area contributed by atoms with Gasteiger partial charge in [0, 0.05) is 19.6 Å². The third-order valence-electron chi connectivity index (χ3n) is 7.06. The molecule has 2 unspecified atom stereocenters. The van der Waals surface area contributed by atoms with Gasteiger partial charge in [-0.1, -0.05) is 71.6 Å². The maximum absolute atomic E-state index is 12.7. The minimum Gasteiger partial charge on any atom is -0.481 e. The molecule has 0 aromatic heterocycles. The highest BCUT2D eigenvalue weighted by Gasteiger charge is 2.49. The second-order valence-electron chi connectivity index (χ2n) is 10.0. The fourth-order valence-corrected chi connectivity index (χ4v) is 4.57. The van der Waals surface area contributed by atoms with Gasteiger partial charge < -0.3 is 29.2 Å². The maximum atomic E-state index is 12.7. The lowest BCUT2D eigenvalue weighted by Crippen LogP contribution is -2.51. The van der Waals surface area contributed by atoms with Gasteiger partial charge >= 0.3 is 11.9 Å². The third-order valence-corrected chi connectivity index (χ3v) is 7.06. The fourth-order valence-electron chi connectivity index (χ4n) is 4.57. The molecule has 0 heterocycles. The predicted octanol–water partition coefficient (Wildman–Crippen LogP) is 6.49. The molecule has 0 saturated heterocycles. The lowest BCUT2D eigenvalue weighted by Gasteiger charge is -2.40. The molecule has 8 nitrogen and oxygen atoms in total. The topological polar surface area (TPSA) is 112 Å². The van der Waals surface area contributed by atoms with Crippen LogP contribution in [0, 0.1) is 5.41 Å². The Morgan fingerprint density at radius 2 is 1.08 bits per heavy atom. The van der Waals surface area contributed by atoms with Crippen molar-refractivity contribution in [1.29, 1.82) is 0 Å². The maximum Gasteiger partial charge on any atom is 0.314 e. The van der Waals surface area contributed by atoms with Gasteiger partial charge in [0.1, 0.15) is 5.41 Å². The fraction of sp³-hybridized carbons (Fsp3) is 0.931. The minimum absolute atomic E-state index is 0.139. The van der Waals surface area contributed by atoms with Crippen LogP contribution in [0.5, 0.6) is 0 Å². The number of unbranched alkanes of at least 4 members (excludes halogenated alkanes) is 9. The van der Waals surface area contributed by atoms with E-state index in [0.29, 0.717) is 58.9 Å². The minimum atomic E-state index is -1.21. The van der Waals surface area contributed by atoms with Crippen molar-refractivity contribution in [1.82, 2.24) is 0 Å². The molecule has 0 aliphatic rings. The molecule has 0 aromatic carbocycles. The number of hydrogen-bond acceptors (Lipinski definition) is 6. The number of ether oxygens (including phenoxy) is 4. The van der Waals surface area contributed by atoms with E-state index in [9.17, 15) is 14.7 Å². The van der Waals surface area contributed by atoms with Gasteiger partial charge in [-0.3, -0.25) is 9.59 Å². The first kappa shape index (κ1) is 35.8. The zero-order valence-electron chi connectivity index (χ0n) is 24.1. The average molecular weight is 533 g/mol. The highest BCUT2D eigenvalue weighted by Crippen LogP contribution is 2.37. The Morgan fingerprint density at radius 1 is 0.622 bits per heavy atom. The van der Waals surface area contributed by atoms with E-state index in [0.717, 1.165) is 38.5 Å². The third kappa shape index (κ3) is 17.1. The summed E-state index contributed by atoms with van der Waals surface area (Å²) in [5.74, 6) is -1.73. The van der Waals surface area contributed by atoms with Crippen molar-refractivity contribution in [3.8, 4) is 0 Å². The molecule has 220 valence electrons. The summed E-state index contributed by atoms with van der Waals surface area (Å²) in [6, 6.07) is 0. The first-order chi connectivity index (χ1) is 17.8. The van der Waals surface area contributed by atoms with Gasteiger partial charge in [0.15, 0.2) is 0 Å². The van der Waals surface area contributed by atoms with Crippen molar-refractivity contribution in [2.75, 3.05) is 39.6 Å². The van der Waals surface area contributed by atoms with E-state index >= 15 is 0 Å². The van der Waals surface area contributed by atoms with E-state index in [1.54, 1.807) is 0 Å². The molecule has 0 bridgehead atoms. The summed E-state index contributed by atoms with van der Waals surface area (Å²) in [6.45, 7) is 10.9. The summed E-state index contributed by atoms with van der Waals surface area (Å²) < 4.78 is 23.4. The van der Waals surface area contributed by atoms with Crippen molar-refractivity contribution >= 4 is 11.9 Å². The van der Waals surface area contributed by atoms with Gasteiger partial charge in [0.25, 0.3) is 0 Å². The van der Waals surface area contributed by atoms with Crippen LogP contribution < -0.4 is 0 Å². The molecule has 0 saturated carbocycles. The van der Waals surface area contributed by atoms with Gasteiger partial charge in [-0.15, -0.1) is 0 Å². The Labute approximate surface area is 225 Å². The van der Waals surface area contributed by atoms with Crippen molar-refractivity contribution in [3.05, 3.63) is 0 Å². The standard InChI is InChI=1S/C29H56O8/c1-5-7-9-15-19-34-21-23-36-25(3)29(28(32)33,18-14-12-11-13-17-27(30)31)26(4)37-24-22-35-20-16-10-8-6-2/h25-26H,5-24H2,1-4H3,(H,30,31)(H,32,33). The first-order valence-corrected chi connectivity index (χ1v) is 14.7. The molecule has 0 aromatic rings. The Bertz CT molecular complexity index is 528. The molecular weight excluding hydrogens is 476 g/mol. The SMILES string of the molecule is CCCCCCOCCOC(C)C(CCCCCCC(=O)O)(C(=O)O)C(C)OCCOCCCCCC. The van der Waals surface area contributed by atoms with E-state index in [4.69, 9.17) is 24.1 Å². The van der Waals surface area contributed by atoms with E-state index in [1.807, 2.05) is 13.8 Å². The average Bonchev–Trinajstić information content (AvgIpc) is 2.86. The molecule has 0 radical (unpaired) electrons. The molecule has 0 spiro atoms. The van der Waals surface area contributed by atoms with Crippen LogP contribution in [0.4, 0.5) is 0 Å². The molecule has 0 rings (SSSR count). The van der Waals surface area contributed by atoms with E-state index in [1.165, 1.54) is 25.7 Å². The van der Waals surface area contributed by atoms with E-state index in [-0.39, 0.29) is 6.42 Å². The highest BCUT2D eigenvalue weighted by atomic mass is 16.5. The van der Waals surface area contributed by atoms with Gasteiger partial charge in [-0.25, -0.2) is 0 Å². The molecule has 37 heavy (non-hydrogen) atoms. The molecule has 0 aliphatic carbocycles. The van der Waals surface area contributed by atoms with Crippen LogP contribution >= 0.6 is 0 Å². The summed E-state index contributed by atoms with van der Waals surface area (Å²) in [5.41, 5.74) is -1.21. The molecular formula is C29H56O8. The first-order valence-electron chi connectivity index (χ1n) is 14.7. The lowest BCUT2D eigenvalue weighted by molar-refractivity contribution is -0.180. The van der Waals surface area contributed by atoms with Gasteiger partial charge in [0.2, 0.25) is 0 Å². The summed E-state index contributed by atoms with van der Waals surface area (Å²) in [6.07, 6.45) is 11.3. The molecule has 8 heteroatoms. The number of carbonyl (C=O) groups is 2. The smallest absolute Gasteiger partial charge is 0.314 e. The van der Waals surface area contributed by atoms with Crippen molar-refractivity contribution < 1.29 is 38.7 Å². The summed E-state index contributed by atoms with van der Waals surface area (Å²) in [4.78, 5) is 23.4. The predicted molar refractivity (Wildman–Crippen MR) is 146 cm³/mol. The number of hydrogen-bond donors (Lipinski definition) is 2. The normalized spacial score (nSPS) is 14.8. The molecule has 0 fully saturated rings. The van der Waals surface area contributed by atoms with Gasteiger partial charge in [0.05, 0.1) is 38.6 Å². The van der Waals surface area contributed by atoms with Crippen LogP contribution in [0.1, 0.15) is 118 Å². The quantitative estimate of drug-likeness (QED) is 0.110. The second kappa shape index (κ2) is 23.9. The van der Waals surface area contributed by atoms with Gasteiger partial charge in [-0.2, -0.15) is 0 Å². The highest BCUT2D eigenvalue weighted by molar-refractivity contribution is 5.76. The zero-order chi connectivity index (χ0) is 27.8.